The van der Waals surface area contributed by atoms with Crippen molar-refractivity contribution in [3.05, 3.63) is 72.8 Å². The molecule has 0 fully saturated rings. The second-order valence-electron chi connectivity index (χ2n) is 5.54. The zero-order valence-corrected chi connectivity index (χ0v) is 15.0. The van der Waals surface area contributed by atoms with Crippen molar-refractivity contribution in [3.8, 4) is 11.4 Å². The fourth-order valence-electron chi connectivity index (χ4n) is 2.39. The highest BCUT2D eigenvalue weighted by molar-refractivity contribution is 7.99. The van der Waals surface area contributed by atoms with Crippen molar-refractivity contribution < 1.29 is 13.6 Å². The summed E-state index contributed by atoms with van der Waals surface area (Å²) in [6, 6.07) is 12.8. The lowest BCUT2D eigenvalue weighted by atomic mass is 10.2. The number of allylic oxidation sites excluding steroid dienone is 1. The molecule has 0 atom stereocenters. The molecule has 0 aliphatic rings. The topological polar surface area (TPSA) is 59.8 Å². The minimum atomic E-state index is -1.02. The van der Waals surface area contributed by atoms with Crippen LogP contribution in [0.15, 0.2) is 66.3 Å². The lowest BCUT2D eigenvalue weighted by Crippen LogP contribution is -2.15. The summed E-state index contributed by atoms with van der Waals surface area (Å²) in [4.78, 5) is 12.1. The van der Waals surface area contributed by atoms with E-state index in [2.05, 4.69) is 22.1 Å². The van der Waals surface area contributed by atoms with Crippen LogP contribution >= 0.6 is 11.8 Å². The lowest BCUT2D eigenvalue weighted by Gasteiger charge is -2.08. The Bertz CT molecular complexity index is 960. The van der Waals surface area contributed by atoms with Gasteiger partial charge in [0.05, 0.1) is 5.75 Å². The molecule has 8 heteroatoms. The van der Waals surface area contributed by atoms with Crippen molar-refractivity contribution in [2.45, 2.75) is 11.7 Å². The smallest absolute Gasteiger partial charge is 0.234 e. The average Bonchev–Trinajstić information content (AvgIpc) is 3.07. The highest BCUT2D eigenvalue weighted by Crippen LogP contribution is 2.24. The summed E-state index contributed by atoms with van der Waals surface area (Å²) in [5, 5.41) is 11.5. The van der Waals surface area contributed by atoms with E-state index in [1.165, 1.54) is 17.8 Å². The van der Waals surface area contributed by atoms with Crippen LogP contribution < -0.4 is 5.32 Å². The van der Waals surface area contributed by atoms with E-state index in [-0.39, 0.29) is 17.3 Å². The number of hydrogen-bond donors (Lipinski definition) is 1. The van der Waals surface area contributed by atoms with Gasteiger partial charge in [0.2, 0.25) is 5.91 Å². The number of carbonyl (C=O) groups is 1. The second-order valence-corrected chi connectivity index (χ2v) is 6.48. The molecule has 27 heavy (non-hydrogen) atoms. The molecule has 0 saturated carbocycles. The van der Waals surface area contributed by atoms with E-state index in [1.54, 1.807) is 6.08 Å². The lowest BCUT2D eigenvalue weighted by molar-refractivity contribution is -0.113. The maximum atomic E-state index is 13.2. The van der Waals surface area contributed by atoms with Crippen LogP contribution in [-0.4, -0.2) is 26.4 Å². The Morgan fingerprint density at radius 1 is 1.15 bits per heavy atom. The molecule has 0 bridgehead atoms. The minimum absolute atomic E-state index is 0.0447. The Kier molecular flexibility index (Phi) is 5.97. The summed E-state index contributed by atoms with van der Waals surface area (Å²) >= 11 is 1.20. The van der Waals surface area contributed by atoms with E-state index in [0.29, 0.717) is 17.5 Å². The van der Waals surface area contributed by atoms with Gasteiger partial charge in [-0.2, -0.15) is 0 Å². The molecule has 3 rings (SSSR count). The molecule has 138 valence electrons. The standard InChI is InChI=1S/C19H16F2N4OS/c1-2-10-25-18(13-6-4-3-5-7-13)23-24-19(25)27-12-17(26)22-14-8-9-15(20)16(21)11-14/h2-9,11H,1,10,12H2,(H,22,26). The predicted molar refractivity (Wildman–Crippen MR) is 101 cm³/mol. The first kappa shape index (κ1) is 18.8. The summed E-state index contributed by atoms with van der Waals surface area (Å²) in [7, 11) is 0. The number of benzene rings is 2. The highest BCUT2D eigenvalue weighted by Gasteiger charge is 2.15. The van der Waals surface area contributed by atoms with Gasteiger partial charge in [-0.15, -0.1) is 16.8 Å². The molecule has 0 spiro atoms. The molecule has 1 heterocycles. The average molecular weight is 386 g/mol. The summed E-state index contributed by atoms with van der Waals surface area (Å²) in [6.07, 6.45) is 1.72. The molecule has 0 unspecified atom stereocenters. The SMILES string of the molecule is C=CCn1c(SCC(=O)Nc2ccc(F)c(F)c2)nnc1-c1ccccc1. The van der Waals surface area contributed by atoms with E-state index in [9.17, 15) is 13.6 Å². The van der Waals surface area contributed by atoms with Crippen LogP contribution in [0.2, 0.25) is 0 Å². The maximum absolute atomic E-state index is 13.2. The normalized spacial score (nSPS) is 10.6. The van der Waals surface area contributed by atoms with Crippen molar-refractivity contribution >= 4 is 23.4 Å². The third-order valence-electron chi connectivity index (χ3n) is 3.60. The van der Waals surface area contributed by atoms with Crippen LogP contribution in [0.1, 0.15) is 0 Å². The molecule has 1 N–H and O–H groups in total. The van der Waals surface area contributed by atoms with Crippen molar-refractivity contribution in [2.24, 2.45) is 0 Å². The quantitative estimate of drug-likeness (QED) is 0.490. The van der Waals surface area contributed by atoms with Crippen LogP contribution in [0, 0.1) is 11.6 Å². The summed E-state index contributed by atoms with van der Waals surface area (Å²) in [5.74, 6) is -1.62. The van der Waals surface area contributed by atoms with E-state index in [0.717, 1.165) is 17.7 Å². The van der Waals surface area contributed by atoms with Gasteiger partial charge in [0.1, 0.15) is 0 Å². The fraction of sp³-hybridized carbons (Fsp3) is 0.105. The number of nitrogens with zero attached hydrogens (tertiary/aromatic N) is 3. The molecular weight excluding hydrogens is 370 g/mol. The first-order valence-electron chi connectivity index (χ1n) is 8.05. The Labute approximate surface area is 159 Å². The molecule has 2 aromatic carbocycles. The number of amides is 1. The van der Waals surface area contributed by atoms with Gasteiger partial charge in [-0.25, -0.2) is 8.78 Å². The van der Waals surface area contributed by atoms with Crippen molar-refractivity contribution in [3.63, 3.8) is 0 Å². The van der Waals surface area contributed by atoms with Gasteiger partial charge in [0.25, 0.3) is 0 Å². The van der Waals surface area contributed by atoms with E-state index in [4.69, 9.17) is 0 Å². The van der Waals surface area contributed by atoms with Crippen LogP contribution in [0.5, 0.6) is 0 Å². The van der Waals surface area contributed by atoms with Crippen LogP contribution in [0.3, 0.4) is 0 Å². The van der Waals surface area contributed by atoms with Gasteiger partial charge in [0, 0.05) is 23.9 Å². The third-order valence-corrected chi connectivity index (χ3v) is 4.56. The number of halogens is 2. The second kappa shape index (κ2) is 8.59. The Morgan fingerprint density at radius 2 is 1.93 bits per heavy atom. The van der Waals surface area contributed by atoms with Crippen LogP contribution in [0.25, 0.3) is 11.4 Å². The molecule has 0 radical (unpaired) electrons. The van der Waals surface area contributed by atoms with E-state index in [1.807, 2.05) is 34.9 Å². The van der Waals surface area contributed by atoms with Crippen LogP contribution in [-0.2, 0) is 11.3 Å². The molecule has 0 aliphatic heterocycles. The number of aromatic nitrogens is 3. The van der Waals surface area contributed by atoms with Crippen molar-refractivity contribution in [2.75, 3.05) is 11.1 Å². The summed E-state index contributed by atoms with van der Waals surface area (Å²) in [5.41, 5.74) is 1.10. The summed E-state index contributed by atoms with van der Waals surface area (Å²) in [6.45, 7) is 4.24. The van der Waals surface area contributed by atoms with Crippen LogP contribution in [0.4, 0.5) is 14.5 Å². The fourth-order valence-corrected chi connectivity index (χ4v) is 3.14. The number of rotatable bonds is 7. The molecule has 1 amide bonds. The Morgan fingerprint density at radius 3 is 2.63 bits per heavy atom. The number of anilines is 1. The van der Waals surface area contributed by atoms with Gasteiger partial charge in [-0.3, -0.25) is 9.36 Å². The zero-order valence-electron chi connectivity index (χ0n) is 14.2. The largest absolute Gasteiger partial charge is 0.325 e. The third kappa shape index (κ3) is 4.59. The molecule has 3 aromatic rings. The molecule has 0 aliphatic carbocycles. The number of nitrogens with one attached hydrogen (secondary N) is 1. The monoisotopic (exact) mass is 386 g/mol. The van der Waals surface area contributed by atoms with Gasteiger partial charge in [-0.1, -0.05) is 48.2 Å². The predicted octanol–water partition coefficient (Wildman–Crippen LogP) is 4.14. The van der Waals surface area contributed by atoms with Gasteiger partial charge < -0.3 is 5.32 Å². The number of hydrogen-bond acceptors (Lipinski definition) is 4. The minimum Gasteiger partial charge on any atom is -0.325 e. The molecule has 5 nitrogen and oxygen atoms in total. The highest BCUT2D eigenvalue weighted by atomic mass is 32.2. The van der Waals surface area contributed by atoms with E-state index >= 15 is 0 Å². The summed E-state index contributed by atoms with van der Waals surface area (Å²) < 4.78 is 28.0. The Hall–Kier alpha value is -3.00. The maximum Gasteiger partial charge on any atom is 0.234 e. The van der Waals surface area contributed by atoms with Crippen molar-refractivity contribution in [1.82, 2.24) is 14.8 Å². The zero-order chi connectivity index (χ0) is 19.2. The van der Waals surface area contributed by atoms with E-state index < -0.39 is 11.6 Å². The first-order valence-corrected chi connectivity index (χ1v) is 9.04. The van der Waals surface area contributed by atoms with Gasteiger partial charge in [-0.05, 0) is 12.1 Å². The first-order chi connectivity index (χ1) is 13.1. The Balaban J connectivity index is 1.70. The number of thioether (sulfide) groups is 1. The van der Waals surface area contributed by atoms with Gasteiger partial charge in [0.15, 0.2) is 22.6 Å². The van der Waals surface area contributed by atoms with Crippen molar-refractivity contribution in [1.29, 1.82) is 0 Å². The molecular formula is C19H16F2N4OS. The molecule has 0 saturated heterocycles. The molecule has 1 aromatic heterocycles. The van der Waals surface area contributed by atoms with Gasteiger partial charge >= 0.3 is 0 Å². The number of carbonyl (C=O) groups excluding carboxylic acids is 1.